The summed E-state index contributed by atoms with van der Waals surface area (Å²) < 4.78 is 21.8. The molecule has 140 valence electrons. The lowest BCUT2D eigenvalue weighted by atomic mass is 9.54. The number of ether oxygens (including phenoxy) is 4. The third kappa shape index (κ3) is 2.98. The van der Waals surface area contributed by atoms with E-state index in [1.807, 2.05) is 12.1 Å². The highest BCUT2D eigenvalue weighted by molar-refractivity contribution is 5.49. The van der Waals surface area contributed by atoms with Gasteiger partial charge in [0.25, 0.3) is 0 Å². The molecule has 0 aromatic heterocycles. The molecule has 1 saturated carbocycles. The lowest BCUT2D eigenvalue weighted by molar-refractivity contribution is 0.122. The minimum atomic E-state index is 0.433. The number of benzene rings is 2. The van der Waals surface area contributed by atoms with Crippen molar-refractivity contribution in [2.45, 2.75) is 25.7 Å². The number of hydrogen-bond acceptors (Lipinski definition) is 4. The van der Waals surface area contributed by atoms with Gasteiger partial charge in [0.2, 0.25) is 0 Å². The van der Waals surface area contributed by atoms with Crippen molar-refractivity contribution in [1.82, 2.24) is 0 Å². The molecule has 1 aliphatic carbocycles. The monoisotopic (exact) mass is 356 g/mol. The van der Waals surface area contributed by atoms with Crippen molar-refractivity contribution in [2.24, 2.45) is 11.8 Å². The van der Waals surface area contributed by atoms with Gasteiger partial charge in [0.1, 0.15) is 0 Å². The molecule has 0 N–H and O–H groups in total. The lowest BCUT2D eigenvalue weighted by Crippen LogP contribution is -2.40. The second-order valence-electron chi connectivity index (χ2n) is 7.00. The molecule has 0 amide bonds. The van der Waals surface area contributed by atoms with E-state index in [2.05, 4.69) is 38.1 Å². The molecule has 2 aromatic carbocycles. The SMILES string of the molecule is COc1ccc([C@H]2[C@H](C)[C@@H](C)[C@@H]2c2ccc(OC)c(OC)c2)cc1OC. The Morgan fingerprint density at radius 3 is 1.19 bits per heavy atom. The summed E-state index contributed by atoms with van der Waals surface area (Å²) >= 11 is 0. The predicted molar refractivity (Wildman–Crippen MR) is 103 cm³/mol. The fourth-order valence-corrected chi connectivity index (χ4v) is 4.30. The highest BCUT2D eigenvalue weighted by Crippen LogP contribution is 2.58. The molecule has 1 aliphatic rings. The van der Waals surface area contributed by atoms with Gasteiger partial charge in [-0.1, -0.05) is 26.0 Å². The quantitative estimate of drug-likeness (QED) is 0.740. The number of methoxy groups -OCH3 is 4. The minimum Gasteiger partial charge on any atom is -0.493 e. The van der Waals surface area contributed by atoms with Gasteiger partial charge in [0.15, 0.2) is 23.0 Å². The highest BCUT2D eigenvalue weighted by atomic mass is 16.5. The molecule has 0 bridgehead atoms. The fourth-order valence-electron chi connectivity index (χ4n) is 4.30. The first-order valence-electron chi connectivity index (χ1n) is 8.99. The zero-order valence-electron chi connectivity index (χ0n) is 16.4. The summed E-state index contributed by atoms with van der Waals surface area (Å²) in [6, 6.07) is 12.5. The van der Waals surface area contributed by atoms with Crippen LogP contribution in [0, 0.1) is 11.8 Å². The van der Waals surface area contributed by atoms with E-state index in [1.54, 1.807) is 28.4 Å². The summed E-state index contributed by atoms with van der Waals surface area (Å²) in [6.45, 7) is 4.65. The average molecular weight is 356 g/mol. The maximum Gasteiger partial charge on any atom is 0.160 e. The Bertz CT molecular complexity index is 705. The summed E-state index contributed by atoms with van der Waals surface area (Å²) in [7, 11) is 6.69. The maximum atomic E-state index is 5.50. The zero-order valence-corrected chi connectivity index (χ0v) is 16.4. The molecule has 2 aromatic rings. The molecular formula is C22H28O4. The van der Waals surface area contributed by atoms with Crippen molar-refractivity contribution in [1.29, 1.82) is 0 Å². The lowest BCUT2D eigenvalue weighted by Gasteiger charge is -2.50. The van der Waals surface area contributed by atoms with Gasteiger partial charge in [-0.15, -0.1) is 0 Å². The highest BCUT2D eigenvalue weighted by Gasteiger charge is 2.46. The second-order valence-corrected chi connectivity index (χ2v) is 7.00. The molecule has 3 rings (SSSR count). The Balaban J connectivity index is 1.97. The Labute approximate surface area is 156 Å². The van der Waals surface area contributed by atoms with E-state index >= 15 is 0 Å². The van der Waals surface area contributed by atoms with E-state index in [1.165, 1.54) is 11.1 Å². The largest absolute Gasteiger partial charge is 0.493 e. The summed E-state index contributed by atoms with van der Waals surface area (Å²) in [5, 5.41) is 0. The second kappa shape index (κ2) is 7.48. The standard InChI is InChI=1S/C22H28O4/c1-13-14(2)22(16-8-10-18(24-4)20(12-16)26-6)21(13)15-7-9-17(23-3)19(11-15)25-5/h7-14,21-22H,1-6H3/t13-,14-,21-,22-/m1/s1. The molecule has 0 aliphatic heterocycles. The third-order valence-electron chi connectivity index (χ3n) is 5.93. The molecule has 0 unspecified atom stereocenters. The predicted octanol–water partition coefficient (Wildman–Crippen LogP) is 4.87. The average Bonchev–Trinajstić information content (AvgIpc) is 2.70. The van der Waals surface area contributed by atoms with Gasteiger partial charge in [0.05, 0.1) is 28.4 Å². The Hall–Kier alpha value is -2.36. The molecular weight excluding hydrogens is 328 g/mol. The van der Waals surface area contributed by atoms with Crippen molar-refractivity contribution in [3.63, 3.8) is 0 Å². The van der Waals surface area contributed by atoms with Crippen LogP contribution < -0.4 is 18.9 Å². The van der Waals surface area contributed by atoms with E-state index in [0.717, 1.165) is 23.0 Å². The molecule has 0 heterocycles. The van der Waals surface area contributed by atoms with E-state index in [4.69, 9.17) is 18.9 Å². The van der Waals surface area contributed by atoms with Crippen molar-refractivity contribution in [2.75, 3.05) is 28.4 Å². The van der Waals surface area contributed by atoms with Crippen LogP contribution in [0.25, 0.3) is 0 Å². The van der Waals surface area contributed by atoms with Gasteiger partial charge in [-0.2, -0.15) is 0 Å². The van der Waals surface area contributed by atoms with Crippen LogP contribution in [-0.2, 0) is 0 Å². The Kier molecular flexibility index (Phi) is 5.30. The van der Waals surface area contributed by atoms with Gasteiger partial charge in [-0.3, -0.25) is 0 Å². The number of hydrogen-bond donors (Lipinski definition) is 0. The first-order valence-corrected chi connectivity index (χ1v) is 8.99. The first-order chi connectivity index (χ1) is 12.5. The molecule has 4 heteroatoms. The Morgan fingerprint density at radius 2 is 0.885 bits per heavy atom. The van der Waals surface area contributed by atoms with Crippen LogP contribution in [0.15, 0.2) is 36.4 Å². The van der Waals surface area contributed by atoms with Gasteiger partial charge in [-0.05, 0) is 59.1 Å². The smallest absolute Gasteiger partial charge is 0.160 e. The zero-order chi connectivity index (χ0) is 18.8. The van der Waals surface area contributed by atoms with E-state index in [0.29, 0.717) is 23.7 Å². The third-order valence-corrected chi connectivity index (χ3v) is 5.93. The number of rotatable bonds is 6. The van der Waals surface area contributed by atoms with Crippen LogP contribution in [0.3, 0.4) is 0 Å². The summed E-state index contributed by atoms with van der Waals surface area (Å²) in [6.07, 6.45) is 0. The van der Waals surface area contributed by atoms with Crippen LogP contribution in [0.2, 0.25) is 0 Å². The molecule has 0 radical (unpaired) electrons. The van der Waals surface area contributed by atoms with Crippen LogP contribution in [0.1, 0.15) is 36.8 Å². The normalized spacial score (nSPS) is 24.5. The van der Waals surface area contributed by atoms with Crippen LogP contribution in [0.4, 0.5) is 0 Å². The topological polar surface area (TPSA) is 36.9 Å². The molecule has 26 heavy (non-hydrogen) atoms. The molecule has 0 saturated heterocycles. The maximum absolute atomic E-state index is 5.50. The summed E-state index contributed by atoms with van der Waals surface area (Å²) in [5.41, 5.74) is 2.57. The van der Waals surface area contributed by atoms with E-state index < -0.39 is 0 Å². The molecule has 0 spiro atoms. The van der Waals surface area contributed by atoms with Crippen LogP contribution in [0.5, 0.6) is 23.0 Å². The fraction of sp³-hybridized carbons (Fsp3) is 0.455. The van der Waals surface area contributed by atoms with Crippen molar-refractivity contribution < 1.29 is 18.9 Å². The van der Waals surface area contributed by atoms with Crippen LogP contribution >= 0.6 is 0 Å². The summed E-state index contributed by atoms with van der Waals surface area (Å²) in [4.78, 5) is 0. The summed E-state index contributed by atoms with van der Waals surface area (Å²) in [5.74, 6) is 5.13. The van der Waals surface area contributed by atoms with Crippen molar-refractivity contribution in [3.05, 3.63) is 47.5 Å². The first kappa shape index (κ1) is 18.4. The van der Waals surface area contributed by atoms with Crippen LogP contribution in [-0.4, -0.2) is 28.4 Å². The Morgan fingerprint density at radius 1 is 0.538 bits per heavy atom. The van der Waals surface area contributed by atoms with Crippen molar-refractivity contribution >= 4 is 0 Å². The van der Waals surface area contributed by atoms with Gasteiger partial charge in [0, 0.05) is 0 Å². The van der Waals surface area contributed by atoms with Crippen molar-refractivity contribution in [3.8, 4) is 23.0 Å². The van der Waals surface area contributed by atoms with Gasteiger partial charge >= 0.3 is 0 Å². The van der Waals surface area contributed by atoms with E-state index in [9.17, 15) is 0 Å². The molecule has 4 atom stereocenters. The van der Waals surface area contributed by atoms with Gasteiger partial charge in [-0.25, -0.2) is 0 Å². The molecule has 1 fully saturated rings. The minimum absolute atomic E-state index is 0.433. The van der Waals surface area contributed by atoms with E-state index in [-0.39, 0.29) is 0 Å². The van der Waals surface area contributed by atoms with Gasteiger partial charge < -0.3 is 18.9 Å². The molecule has 4 nitrogen and oxygen atoms in total.